The molecule has 0 radical (unpaired) electrons. The van der Waals surface area contributed by atoms with Gasteiger partial charge in [-0.3, -0.25) is 4.79 Å². The van der Waals surface area contributed by atoms with E-state index < -0.39 is 5.97 Å². The monoisotopic (exact) mass is 472 g/mol. The summed E-state index contributed by atoms with van der Waals surface area (Å²) >= 11 is 0. The molecule has 0 aliphatic carbocycles. The second-order valence-corrected chi connectivity index (χ2v) is 9.31. The van der Waals surface area contributed by atoms with Gasteiger partial charge in [-0.2, -0.15) is 0 Å². The van der Waals surface area contributed by atoms with Crippen molar-refractivity contribution in [1.82, 2.24) is 0 Å². The molecule has 0 aromatic rings. The topological polar surface area (TPSA) is 37.3 Å². The summed E-state index contributed by atoms with van der Waals surface area (Å²) in [5.74, 6) is 2.24. The van der Waals surface area contributed by atoms with E-state index in [0.29, 0.717) is 17.3 Å². The molecule has 2 nitrogen and oxygen atoms in total. The molecule has 0 fully saturated rings. The Morgan fingerprint density at radius 3 is 1.50 bits per heavy atom. The highest BCUT2D eigenvalue weighted by molar-refractivity contribution is 7.96. The average molecular weight is 473 g/mol. The quantitative estimate of drug-likeness (QED) is 0.189. The first-order valence-corrected chi connectivity index (χ1v) is 11.9. The van der Waals surface area contributed by atoms with Gasteiger partial charge in [0.15, 0.2) is 0 Å². The zero-order chi connectivity index (χ0) is 17.2. The fraction of sp³-hybridized carbons (Fsp3) is 0.950. The van der Waals surface area contributed by atoms with Gasteiger partial charge in [0.1, 0.15) is 11.5 Å². The number of carboxylic acids is 1. The first kappa shape index (κ1) is 26.8. The molecule has 146 valence electrons. The maximum atomic E-state index is 10.4. The Morgan fingerprint density at radius 2 is 1.08 bits per heavy atom. The normalized spacial score (nSPS) is 11.9. The Bertz CT molecular complexity index is 262. The molecule has 0 amide bonds. The number of hydrogen-bond donors (Lipinski definition) is 1. The van der Waals surface area contributed by atoms with Gasteiger partial charge in [0.05, 0.1) is 6.26 Å². The second-order valence-electron chi connectivity index (χ2n) is 6.93. The highest BCUT2D eigenvalue weighted by Crippen LogP contribution is 2.12. The molecule has 0 aromatic heterocycles. The van der Waals surface area contributed by atoms with Crippen molar-refractivity contribution >= 4 is 16.9 Å². The van der Waals surface area contributed by atoms with Gasteiger partial charge in [-0.1, -0.05) is 64.7 Å². The van der Waals surface area contributed by atoms with E-state index in [1.807, 2.05) is 0 Å². The predicted molar refractivity (Wildman–Crippen MR) is 106 cm³/mol. The number of aliphatic carboxylic acids is 1. The van der Waals surface area contributed by atoms with E-state index in [1.165, 1.54) is 88.6 Å². The van der Waals surface area contributed by atoms with Crippen LogP contribution in [0.15, 0.2) is 0 Å². The number of halogens is 1. The molecule has 0 heterocycles. The van der Waals surface area contributed by atoms with Crippen LogP contribution in [0.2, 0.25) is 0 Å². The molecule has 0 rings (SSSR count). The Kier molecular flexibility index (Phi) is 24.1. The Labute approximate surface area is 171 Å². The molecular formula is C20H41IO2S. The van der Waals surface area contributed by atoms with E-state index in [1.54, 1.807) is 0 Å². The van der Waals surface area contributed by atoms with Crippen LogP contribution in [0.1, 0.15) is 103 Å². The van der Waals surface area contributed by atoms with Gasteiger partial charge in [0.2, 0.25) is 0 Å². The summed E-state index contributed by atoms with van der Waals surface area (Å²) in [5.41, 5.74) is 0. The number of unbranched alkanes of at least 4 members (excludes halogenated alkanes) is 12. The van der Waals surface area contributed by atoms with Gasteiger partial charge in [-0.15, -0.1) is 0 Å². The predicted octanol–water partition coefficient (Wildman–Crippen LogP) is 3.19. The van der Waals surface area contributed by atoms with Crippen LogP contribution in [-0.2, 0) is 15.7 Å². The van der Waals surface area contributed by atoms with E-state index in [4.69, 9.17) is 5.11 Å². The van der Waals surface area contributed by atoms with Crippen LogP contribution in [0.25, 0.3) is 0 Å². The van der Waals surface area contributed by atoms with Crippen LogP contribution in [0.4, 0.5) is 0 Å². The highest BCUT2D eigenvalue weighted by Gasteiger charge is 2.09. The largest absolute Gasteiger partial charge is 1.00 e. The van der Waals surface area contributed by atoms with Crippen LogP contribution in [0.3, 0.4) is 0 Å². The molecule has 0 aromatic carbocycles. The Balaban J connectivity index is 0. The maximum Gasteiger partial charge on any atom is 0.303 e. The van der Waals surface area contributed by atoms with Crippen LogP contribution in [0, 0.1) is 0 Å². The molecule has 24 heavy (non-hydrogen) atoms. The number of carboxylic acid groups (broad SMARTS) is 1. The van der Waals surface area contributed by atoms with E-state index in [0.717, 1.165) is 12.8 Å². The van der Waals surface area contributed by atoms with Gasteiger partial charge < -0.3 is 29.1 Å². The third kappa shape index (κ3) is 22.6. The zero-order valence-electron chi connectivity index (χ0n) is 16.2. The summed E-state index contributed by atoms with van der Waals surface area (Å²) < 4.78 is 0. The Morgan fingerprint density at radius 1 is 0.708 bits per heavy atom. The molecule has 4 heteroatoms. The van der Waals surface area contributed by atoms with Crippen molar-refractivity contribution in [2.75, 3.05) is 17.8 Å². The van der Waals surface area contributed by atoms with Crippen LogP contribution < -0.4 is 24.0 Å². The van der Waals surface area contributed by atoms with E-state index in [9.17, 15) is 4.79 Å². The fourth-order valence-corrected chi connectivity index (χ4v) is 4.51. The smallest absolute Gasteiger partial charge is 0.303 e. The van der Waals surface area contributed by atoms with Crippen LogP contribution in [0.5, 0.6) is 0 Å². The minimum absolute atomic E-state index is 0. The average Bonchev–Trinajstić information content (AvgIpc) is 2.52. The molecule has 0 aliphatic heterocycles. The first-order valence-electron chi connectivity index (χ1n) is 9.97. The van der Waals surface area contributed by atoms with E-state index >= 15 is 0 Å². The SMILES string of the molecule is CCCCCCCC[S+](C)CCCCCCCCCCC(=O)O.[I-]. The molecule has 0 saturated heterocycles. The standard InChI is InChI=1S/C20H40O2S.HI/c1-3-4-5-6-12-15-18-23(2)19-16-13-10-8-7-9-11-14-17-20(21)22;/h3-19H2,1-2H3;1H. The van der Waals surface area contributed by atoms with Gasteiger partial charge in [-0.25, -0.2) is 0 Å². The summed E-state index contributed by atoms with van der Waals surface area (Å²) in [5, 5.41) is 8.56. The lowest BCUT2D eigenvalue weighted by Gasteiger charge is -2.05. The van der Waals surface area contributed by atoms with Crippen LogP contribution >= 0.6 is 0 Å². The highest BCUT2D eigenvalue weighted by atomic mass is 127. The summed E-state index contributed by atoms with van der Waals surface area (Å²) in [4.78, 5) is 10.4. The van der Waals surface area contributed by atoms with E-state index in [2.05, 4.69) is 13.2 Å². The third-order valence-corrected chi connectivity index (χ3v) is 6.45. The first-order chi connectivity index (χ1) is 11.2. The van der Waals surface area contributed by atoms with Crippen molar-refractivity contribution in [2.24, 2.45) is 0 Å². The molecule has 0 spiro atoms. The molecule has 1 unspecified atom stereocenters. The van der Waals surface area contributed by atoms with Gasteiger partial charge in [-0.05, 0) is 43.0 Å². The van der Waals surface area contributed by atoms with E-state index in [-0.39, 0.29) is 24.0 Å². The molecule has 0 aliphatic rings. The van der Waals surface area contributed by atoms with Crippen molar-refractivity contribution in [2.45, 2.75) is 103 Å². The summed E-state index contributed by atoms with van der Waals surface area (Å²) in [6.45, 7) is 2.28. The molecule has 0 saturated carbocycles. The van der Waals surface area contributed by atoms with Gasteiger partial charge >= 0.3 is 5.97 Å². The minimum atomic E-state index is -0.652. The lowest BCUT2D eigenvalue weighted by molar-refractivity contribution is -0.137. The molecule has 1 atom stereocenters. The van der Waals surface area contributed by atoms with Gasteiger partial charge in [0.25, 0.3) is 0 Å². The van der Waals surface area contributed by atoms with Crippen molar-refractivity contribution in [3.63, 3.8) is 0 Å². The van der Waals surface area contributed by atoms with Crippen molar-refractivity contribution in [3.05, 3.63) is 0 Å². The molecular weight excluding hydrogens is 431 g/mol. The second kappa shape index (κ2) is 21.6. The summed E-state index contributed by atoms with van der Waals surface area (Å²) in [6.07, 6.45) is 21.3. The lowest BCUT2D eigenvalue weighted by Crippen LogP contribution is -3.00. The summed E-state index contributed by atoms with van der Waals surface area (Å²) in [6, 6.07) is 0. The van der Waals surface area contributed by atoms with Crippen LogP contribution in [-0.4, -0.2) is 28.8 Å². The van der Waals surface area contributed by atoms with Gasteiger partial charge in [0, 0.05) is 6.42 Å². The third-order valence-electron chi connectivity index (χ3n) is 4.48. The Hall–Kier alpha value is 0.550. The maximum absolute atomic E-state index is 10.4. The number of hydrogen-bond acceptors (Lipinski definition) is 1. The van der Waals surface area contributed by atoms with Crippen molar-refractivity contribution in [1.29, 1.82) is 0 Å². The number of rotatable bonds is 18. The zero-order valence-corrected chi connectivity index (χ0v) is 19.1. The minimum Gasteiger partial charge on any atom is -1.00 e. The molecule has 1 N–H and O–H groups in total. The molecule has 0 bridgehead atoms. The fourth-order valence-electron chi connectivity index (χ4n) is 2.92. The lowest BCUT2D eigenvalue weighted by atomic mass is 10.1. The summed E-state index contributed by atoms with van der Waals surface area (Å²) in [7, 11) is 0.651. The number of carbonyl (C=O) groups is 1. The van der Waals surface area contributed by atoms with Crippen molar-refractivity contribution < 1.29 is 33.9 Å². The van der Waals surface area contributed by atoms with Crippen molar-refractivity contribution in [3.8, 4) is 0 Å².